The molecule has 0 saturated heterocycles. The molecule has 104 valence electrons. The van der Waals surface area contributed by atoms with Crippen molar-refractivity contribution < 1.29 is 4.74 Å². The van der Waals surface area contributed by atoms with Crippen molar-refractivity contribution in [3.63, 3.8) is 0 Å². The Kier molecular flexibility index (Phi) is 4.19. The van der Waals surface area contributed by atoms with Crippen LogP contribution in [0.2, 0.25) is 0 Å². The van der Waals surface area contributed by atoms with Gasteiger partial charge < -0.3 is 10.5 Å². The Morgan fingerprint density at radius 1 is 1.11 bits per heavy atom. The van der Waals surface area contributed by atoms with Crippen LogP contribution in [0.25, 0.3) is 0 Å². The lowest BCUT2D eigenvalue weighted by Gasteiger charge is -2.30. The van der Waals surface area contributed by atoms with E-state index in [1.54, 1.807) is 0 Å². The fourth-order valence-electron chi connectivity index (χ4n) is 3.61. The molecule has 0 heterocycles. The van der Waals surface area contributed by atoms with E-state index in [1.807, 2.05) is 0 Å². The van der Waals surface area contributed by atoms with Crippen LogP contribution in [0.3, 0.4) is 0 Å². The van der Waals surface area contributed by atoms with Gasteiger partial charge in [-0.3, -0.25) is 0 Å². The molecule has 2 nitrogen and oxygen atoms in total. The summed E-state index contributed by atoms with van der Waals surface area (Å²) >= 11 is 0. The molecule has 3 unspecified atom stereocenters. The van der Waals surface area contributed by atoms with Gasteiger partial charge in [-0.15, -0.1) is 0 Å². The van der Waals surface area contributed by atoms with Gasteiger partial charge in [-0.2, -0.15) is 0 Å². The van der Waals surface area contributed by atoms with Crippen LogP contribution in [0.5, 0.6) is 0 Å². The molecule has 1 aromatic rings. The maximum absolute atomic E-state index is 6.17. The van der Waals surface area contributed by atoms with Gasteiger partial charge in [0.1, 0.15) is 0 Å². The molecule has 2 N–H and O–H groups in total. The molecule has 0 aromatic heterocycles. The van der Waals surface area contributed by atoms with E-state index in [0.29, 0.717) is 18.1 Å². The van der Waals surface area contributed by atoms with Gasteiger partial charge in [-0.05, 0) is 56.1 Å². The van der Waals surface area contributed by atoms with Crippen LogP contribution >= 0.6 is 0 Å². The number of hydrogen-bond donors (Lipinski definition) is 1. The van der Waals surface area contributed by atoms with Crippen molar-refractivity contribution in [3.05, 3.63) is 35.4 Å². The van der Waals surface area contributed by atoms with Crippen molar-refractivity contribution in [1.82, 2.24) is 0 Å². The predicted molar refractivity (Wildman–Crippen MR) is 78.3 cm³/mol. The van der Waals surface area contributed by atoms with E-state index in [-0.39, 0.29) is 0 Å². The van der Waals surface area contributed by atoms with Crippen LogP contribution < -0.4 is 5.73 Å². The molecule has 2 heteroatoms. The number of nitrogens with two attached hydrogens (primary N) is 1. The molecule has 3 rings (SSSR count). The minimum atomic E-state index is 0.359. The van der Waals surface area contributed by atoms with Crippen LogP contribution in [0.4, 0.5) is 0 Å². The average molecular weight is 259 g/mol. The van der Waals surface area contributed by atoms with Crippen LogP contribution in [-0.2, 0) is 11.2 Å². The smallest absolute Gasteiger partial charge is 0.0590 e. The third-order valence-corrected chi connectivity index (χ3v) is 4.69. The van der Waals surface area contributed by atoms with Gasteiger partial charge in [0.05, 0.1) is 12.7 Å². The van der Waals surface area contributed by atoms with Gasteiger partial charge in [0, 0.05) is 12.0 Å². The van der Waals surface area contributed by atoms with Crippen LogP contribution in [0, 0.1) is 0 Å². The molecule has 1 saturated carbocycles. The molecular formula is C17H25NO. The highest BCUT2D eigenvalue weighted by molar-refractivity contribution is 5.32. The van der Waals surface area contributed by atoms with E-state index >= 15 is 0 Å². The molecule has 2 aliphatic rings. The number of hydrogen-bond acceptors (Lipinski definition) is 2. The first-order chi connectivity index (χ1) is 9.33. The normalized spacial score (nSPS) is 30.9. The first kappa shape index (κ1) is 13.1. The van der Waals surface area contributed by atoms with E-state index < -0.39 is 0 Å². The van der Waals surface area contributed by atoms with Gasteiger partial charge in [-0.25, -0.2) is 0 Å². The standard InChI is InChI=1S/C17H25NO/c18-15-8-4-9-16(11-15)19-12-14-7-3-6-13-5-1-2-10-17(13)14/h1-2,5,10,14-16H,3-4,6-9,11-12,18H2. The highest BCUT2D eigenvalue weighted by Gasteiger charge is 2.24. The quantitative estimate of drug-likeness (QED) is 0.903. The van der Waals surface area contributed by atoms with Crippen LogP contribution in [0.15, 0.2) is 24.3 Å². The largest absolute Gasteiger partial charge is 0.378 e. The fraction of sp³-hybridized carbons (Fsp3) is 0.647. The fourth-order valence-corrected chi connectivity index (χ4v) is 3.61. The molecule has 0 radical (unpaired) electrons. The summed E-state index contributed by atoms with van der Waals surface area (Å²) in [5.41, 5.74) is 9.08. The summed E-state index contributed by atoms with van der Waals surface area (Å²) in [6, 6.07) is 9.24. The molecule has 3 atom stereocenters. The second-order valence-corrected chi connectivity index (χ2v) is 6.17. The monoisotopic (exact) mass is 259 g/mol. The summed E-state index contributed by atoms with van der Waals surface area (Å²) in [5.74, 6) is 0.600. The van der Waals surface area contributed by atoms with E-state index in [1.165, 1.54) is 49.7 Å². The summed E-state index contributed by atoms with van der Waals surface area (Å²) in [6.45, 7) is 0.883. The molecular weight excluding hydrogens is 234 g/mol. The lowest BCUT2D eigenvalue weighted by atomic mass is 9.83. The van der Waals surface area contributed by atoms with Crippen molar-refractivity contribution in [3.8, 4) is 0 Å². The second-order valence-electron chi connectivity index (χ2n) is 6.17. The summed E-state index contributed by atoms with van der Waals surface area (Å²) in [7, 11) is 0. The first-order valence-corrected chi connectivity index (χ1v) is 7.78. The SMILES string of the molecule is NC1CCCC(OCC2CCCc3ccccc32)C1. The molecule has 2 aliphatic carbocycles. The second kappa shape index (κ2) is 6.06. The Morgan fingerprint density at radius 3 is 2.89 bits per heavy atom. The number of rotatable bonds is 3. The van der Waals surface area contributed by atoms with Crippen LogP contribution in [-0.4, -0.2) is 18.8 Å². The maximum Gasteiger partial charge on any atom is 0.0590 e. The molecule has 0 spiro atoms. The lowest BCUT2D eigenvalue weighted by Crippen LogP contribution is -2.33. The zero-order valence-electron chi connectivity index (χ0n) is 11.7. The summed E-state index contributed by atoms with van der Waals surface area (Å²) in [6.07, 6.45) is 8.86. The van der Waals surface area contributed by atoms with Crippen molar-refractivity contribution in [2.75, 3.05) is 6.61 Å². The van der Waals surface area contributed by atoms with E-state index in [4.69, 9.17) is 10.5 Å². The minimum Gasteiger partial charge on any atom is -0.378 e. The number of benzene rings is 1. The third kappa shape index (κ3) is 3.18. The third-order valence-electron chi connectivity index (χ3n) is 4.69. The molecule has 1 aromatic carbocycles. The number of ether oxygens (including phenoxy) is 1. The zero-order chi connectivity index (χ0) is 13.1. The Morgan fingerprint density at radius 2 is 2.00 bits per heavy atom. The molecule has 19 heavy (non-hydrogen) atoms. The minimum absolute atomic E-state index is 0.359. The predicted octanol–water partition coefficient (Wildman–Crippen LogP) is 3.39. The van der Waals surface area contributed by atoms with Crippen molar-refractivity contribution >= 4 is 0 Å². The highest BCUT2D eigenvalue weighted by Crippen LogP contribution is 2.32. The zero-order valence-corrected chi connectivity index (χ0v) is 11.7. The Labute approximate surface area is 116 Å². The Balaban J connectivity index is 1.59. The van der Waals surface area contributed by atoms with Gasteiger partial charge in [0.2, 0.25) is 0 Å². The highest BCUT2D eigenvalue weighted by atomic mass is 16.5. The van der Waals surface area contributed by atoms with Crippen LogP contribution in [0.1, 0.15) is 55.6 Å². The van der Waals surface area contributed by atoms with Crippen molar-refractivity contribution in [1.29, 1.82) is 0 Å². The topological polar surface area (TPSA) is 35.2 Å². The lowest BCUT2D eigenvalue weighted by molar-refractivity contribution is 0.0134. The van der Waals surface area contributed by atoms with Gasteiger partial charge >= 0.3 is 0 Å². The Bertz CT molecular complexity index is 417. The molecule has 0 bridgehead atoms. The summed E-state index contributed by atoms with van der Waals surface area (Å²) in [4.78, 5) is 0. The summed E-state index contributed by atoms with van der Waals surface area (Å²) < 4.78 is 6.17. The first-order valence-electron chi connectivity index (χ1n) is 7.78. The molecule has 0 aliphatic heterocycles. The van der Waals surface area contributed by atoms with E-state index in [2.05, 4.69) is 24.3 Å². The number of fused-ring (bicyclic) bond motifs is 1. The Hall–Kier alpha value is -0.860. The van der Waals surface area contributed by atoms with E-state index in [9.17, 15) is 0 Å². The number of aryl methyl sites for hydroxylation is 1. The molecule has 1 fully saturated rings. The van der Waals surface area contributed by atoms with Gasteiger partial charge in [0.15, 0.2) is 0 Å². The van der Waals surface area contributed by atoms with Crippen molar-refractivity contribution in [2.45, 2.75) is 63.0 Å². The molecule has 0 amide bonds. The average Bonchev–Trinajstić information content (AvgIpc) is 2.45. The van der Waals surface area contributed by atoms with Gasteiger partial charge in [0.25, 0.3) is 0 Å². The van der Waals surface area contributed by atoms with Crippen molar-refractivity contribution in [2.24, 2.45) is 5.73 Å². The maximum atomic E-state index is 6.17. The summed E-state index contributed by atoms with van der Waals surface area (Å²) in [5, 5.41) is 0. The van der Waals surface area contributed by atoms with E-state index in [0.717, 1.165) is 13.0 Å². The van der Waals surface area contributed by atoms with Gasteiger partial charge in [-0.1, -0.05) is 24.3 Å².